The van der Waals surface area contributed by atoms with Gasteiger partial charge in [0.2, 0.25) is 15.9 Å². The second-order valence-corrected chi connectivity index (χ2v) is 8.07. The molecule has 0 aliphatic heterocycles. The summed E-state index contributed by atoms with van der Waals surface area (Å²) >= 11 is 0. The van der Waals surface area contributed by atoms with Gasteiger partial charge in [-0.3, -0.25) is 9.10 Å². The van der Waals surface area contributed by atoms with Crippen LogP contribution in [0.25, 0.3) is 0 Å². The molecule has 0 spiro atoms. The van der Waals surface area contributed by atoms with Gasteiger partial charge >= 0.3 is 0 Å². The largest absolute Gasteiger partial charge is 0.495 e. The monoisotopic (exact) mass is 394 g/mol. The minimum atomic E-state index is -3.58. The van der Waals surface area contributed by atoms with E-state index in [4.69, 9.17) is 4.74 Å². The summed E-state index contributed by atoms with van der Waals surface area (Å²) in [7, 11) is -2.11. The van der Waals surface area contributed by atoms with E-state index in [9.17, 15) is 17.6 Å². The van der Waals surface area contributed by atoms with Gasteiger partial charge in [-0.05, 0) is 42.3 Å². The van der Waals surface area contributed by atoms with E-state index in [-0.39, 0.29) is 25.4 Å². The summed E-state index contributed by atoms with van der Waals surface area (Å²) in [6.45, 7) is 2.01. The van der Waals surface area contributed by atoms with E-state index in [1.165, 1.54) is 29.6 Å². The Bertz CT molecular complexity index is 916. The molecule has 8 heteroatoms. The van der Waals surface area contributed by atoms with Gasteiger partial charge in [0.25, 0.3) is 0 Å². The molecule has 2 rings (SSSR count). The highest BCUT2D eigenvalue weighted by molar-refractivity contribution is 7.92. The number of nitrogens with zero attached hydrogens (tertiary/aromatic N) is 1. The van der Waals surface area contributed by atoms with E-state index < -0.39 is 15.8 Å². The third kappa shape index (κ3) is 5.96. The normalized spacial score (nSPS) is 11.1. The van der Waals surface area contributed by atoms with Crippen LogP contribution in [0.4, 0.5) is 10.1 Å². The van der Waals surface area contributed by atoms with Crippen molar-refractivity contribution in [3.05, 3.63) is 59.4 Å². The lowest BCUT2D eigenvalue weighted by Crippen LogP contribution is -2.38. The first-order valence-corrected chi connectivity index (χ1v) is 10.2. The maximum Gasteiger partial charge on any atom is 0.232 e. The summed E-state index contributed by atoms with van der Waals surface area (Å²) in [5, 5.41) is 2.67. The van der Waals surface area contributed by atoms with E-state index in [1.807, 2.05) is 13.0 Å². The SMILES string of the molecule is COc1ccc(C)cc1N(CCNC(=O)Cc1cccc(F)c1)S(C)(=O)=O. The molecule has 27 heavy (non-hydrogen) atoms. The summed E-state index contributed by atoms with van der Waals surface area (Å²) in [5.41, 5.74) is 1.85. The fourth-order valence-electron chi connectivity index (χ4n) is 2.65. The van der Waals surface area contributed by atoms with Crippen LogP contribution >= 0.6 is 0 Å². The number of aryl methyl sites for hydroxylation is 1. The van der Waals surface area contributed by atoms with Crippen LogP contribution in [0.1, 0.15) is 11.1 Å². The molecule has 0 aromatic heterocycles. The summed E-state index contributed by atoms with van der Waals surface area (Å²) in [6.07, 6.45) is 1.12. The Labute approximate surface area is 159 Å². The molecular formula is C19H23FN2O4S. The first kappa shape index (κ1) is 20.7. The molecule has 146 valence electrons. The summed E-state index contributed by atoms with van der Waals surface area (Å²) in [4.78, 5) is 12.0. The van der Waals surface area contributed by atoms with Gasteiger partial charge in [0.1, 0.15) is 11.6 Å². The average Bonchev–Trinajstić information content (AvgIpc) is 2.57. The third-order valence-electron chi connectivity index (χ3n) is 3.89. The van der Waals surface area contributed by atoms with Crippen molar-refractivity contribution in [2.75, 3.05) is 30.8 Å². The number of methoxy groups -OCH3 is 1. The number of anilines is 1. The highest BCUT2D eigenvalue weighted by Gasteiger charge is 2.21. The molecule has 2 aromatic carbocycles. The Morgan fingerprint density at radius 2 is 1.96 bits per heavy atom. The lowest BCUT2D eigenvalue weighted by atomic mass is 10.1. The van der Waals surface area contributed by atoms with Crippen LogP contribution < -0.4 is 14.4 Å². The number of nitrogens with one attached hydrogen (secondary N) is 1. The Kier molecular flexibility index (Phi) is 6.79. The zero-order valence-electron chi connectivity index (χ0n) is 15.5. The highest BCUT2D eigenvalue weighted by atomic mass is 32.2. The lowest BCUT2D eigenvalue weighted by Gasteiger charge is -2.24. The zero-order valence-corrected chi connectivity index (χ0v) is 16.3. The maximum absolute atomic E-state index is 13.2. The van der Waals surface area contributed by atoms with Crippen molar-refractivity contribution >= 4 is 21.6 Å². The number of hydrogen-bond donors (Lipinski definition) is 1. The Hall–Kier alpha value is -2.61. The van der Waals surface area contributed by atoms with Crippen molar-refractivity contribution in [1.29, 1.82) is 0 Å². The number of carbonyl (C=O) groups is 1. The Morgan fingerprint density at radius 1 is 1.22 bits per heavy atom. The van der Waals surface area contributed by atoms with Crippen LogP contribution in [-0.2, 0) is 21.2 Å². The van der Waals surface area contributed by atoms with Gasteiger partial charge in [-0.15, -0.1) is 0 Å². The highest BCUT2D eigenvalue weighted by Crippen LogP contribution is 2.30. The van der Waals surface area contributed by atoms with E-state index in [0.717, 1.165) is 11.8 Å². The average molecular weight is 394 g/mol. The maximum atomic E-state index is 13.2. The topological polar surface area (TPSA) is 75.7 Å². The molecule has 0 fully saturated rings. The quantitative estimate of drug-likeness (QED) is 0.745. The first-order valence-electron chi connectivity index (χ1n) is 8.34. The fraction of sp³-hybridized carbons (Fsp3) is 0.316. The number of ether oxygens (including phenoxy) is 1. The second-order valence-electron chi connectivity index (χ2n) is 6.17. The Morgan fingerprint density at radius 3 is 2.59 bits per heavy atom. The van der Waals surface area contributed by atoms with Crippen molar-refractivity contribution in [1.82, 2.24) is 5.32 Å². The summed E-state index contributed by atoms with van der Waals surface area (Å²) in [5.74, 6) is -0.294. The molecule has 0 aliphatic carbocycles. The van der Waals surface area contributed by atoms with Gasteiger partial charge in [-0.25, -0.2) is 12.8 Å². The number of halogens is 1. The molecule has 0 saturated heterocycles. The lowest BCUT2D eigenvalue weighted by molar-refractivity contribution is -0.120. The second kappa shape index (κ2) is 8.85. The van der Waals surface area contributed by atoms with Gasteiger partial charge in [-0.2, -0.15) is 0 Å². The molecule has 1 amide bonds. The van der Waals surface area contributed by atoms with Crippen LogP contribution in [0.2, 0.25) is 0 Å². The number of benzene rings is 2. The minimum Gasteiger partial charge on any atom is -0.495 e. The Balaban J connectivity index is 2.06. The van der Waals surface area contributed by atoms with Gasteiger partial charge in [-0.1, -0.05) is 18.2 Å². The molecule has 2 aromatic rings. The van der Waals surface area contributed by atoms with Crippen molar-refractivity contribution in [2.45, 2.75) is 13.3 Å². The molecule has 0 aliphatic rings. The smallest absolute Gasteiger partial charge is 0.232 e. The van der Waals surface area contributed by atoms with Gasteiger partial charge in [0, 0.05) is 6.54 Å². The molecule has 1 N–H and O–H groups in total. The fourth-order valence-corrected chi connectivity index (χ4v) is 3.57. The van der Waals surface area contributed by atoms with Crippen LogP contribution in [0.5, 0.6) is 5.75 Å². The van der Waals surface area contributed by atoms with Crippen LogP contribution in [0, 0.1) is 12.7 Å². The van der Waals surface area contributed by atoms with Gasteiger partial charge < -0.3 is 10.1 Å². The molecule has 0 saturated carbocycles. The van der Waals surface area contributed by atoms with Crippen molar-refractivity contribution < 1.29 is 22.3 Å². The van der Waals surface area contributed by atoms with Crippen LogP contribution in [0.3, 0.4) is 0 Å². The first-order chi connectivity index (χ1) is 12.7. The predicted molar refractivity (Wildman–Crippen MR) is 103 cm³/mol. The zero-order chi connectivity index (χ0) is 20.0. The molecule has 0 unspecified atom stereocenters. The summed E-state index contributed by atoms with van der Waals surface area (Å²) in [6, 6.07) is 11.0. The van der Waals surface area contributed by atoms with Gasteiger partial charge in [0.05, 0.1) is 32.0 Å². The number of amides is 1. The van der Waals surface area contributed by atoms with Crippen molar-refractivity contribution in [3.63, 3.8) is 0 Å². The molecule has 0 bridgehead atoms. The molecular weight excluding hydrogens is 371 g/mol. The van der Waals surface area contributed by atoms with Crippen LogP contribution in [-0.4, -0.2) is 40.8 Å². The number of sulfonamides is 1. The van der Waals surface area contributed by atoms with E-state index >= 15 is 0 Å². The third-order valence-corrected chi connectivity index (χ3v) is 5.07. The predicted octanol–water partition coefficient (Wildman–Crippen LogP) is 2.27. The minimum absolute atomic E-state index is 0.0183. The standard InChI is InChI=1S/C19H23FN2O4S/c1-14-7-8-18(26-2)17(11-14)22(27(3,24)25)10-9-21-19(23)13-15-5-4-6-16(20)12-15/h4-8,11-12H,9-10,13H2,1-3H3,(H,21,23). The summed E-state index contributed by atoms with van der Waals surface area (Å²) < 4.78 is 44.1. The number of rotatable bonds is 8. The van der Waals surface area contributed by atoms with Gasteiger partial charge in [0.15, 0.2) is 0 Å². The molecule has 0 radical (unpaired) electrons. The van der Waals surface area contributed by atoms with Crippen molar-refractivity contribution in [3.8, 4) is 5.75 Å². The van der Waals surface area contributed by atoms with Crippen LogP contribution in [0.15, 0.2) is 42.5 Å². The molecule has 0 heterocycles. The number of carbonyl (C=O) groups excluding carboxylic acids is 1. The molecule has 0 atom stereocenters. The van der Waals surface area contributed by atoms with E-state index in [2.05, 4.69) is 5.32 Å². The van der Waals surface area contributed by atoms with E-state index in [0.29, 0.717) is 17.0 Å². The van der Waals surface area contributed by atoms with E-state index in [1.54, 1.807) is 18.2 Å². The van der Waals surface area contributed by atoms with Crippen molar-refractivity contribution in [2.24, 2.45) is 0 Å². The number of hydrogen-bond acceptors (Lipinski definition) is 4. The molecule has 6 nitrogen and oxygen atoms in total.